The lowest BCUT2D eigenvalue weighted by molar-refractivity contribution is -0.132. The summed E-state index contributed by atoms with van der Waals surface area (Å²) in [5.74, 6) is -0.0419. The van der Waals surface area contributed by atoms with E-state index in [1.54, 1.807) is 0 Å². The fourth-order valence-electron chi connectivity index (χ4n) is 3.61. The first-order valence-corrected chi connectivity index (χ1v) is 10.00. The number of hydrogen-bond acceptors (Lipinski definition) is 4. The smallest absolute Gasteiger partial charge is 0.243 e. The number of amides is 1. The number of piperidine rings is 1. The number of nitrogens with one attached hydrogen (secondary N) is 1. The van der Waals surface area contributed by atoms with Gasteiger partial charge in [-0.25, -0.2) is 12.8 Å². The van der Waals surface area contributed by atoms with E-state index in [2.05, 4.69) is 19.2 Å². The fraction of sp³-hybridized carbons (Fsp3) is 0.588. The van der Waals surface area contributed by atoms with Crippen LogP contribution in [0.5, 0.6) is 0 Å². The first-order chi connectivity index (χ1) is 11.7. The summed E-state index contributed by atoms with van der Waals surface area (Å²) in [6, 6.07) is 4.88. The second kappa shape index (κ2) is 6.66. The van der Waals surface area contributed by atoms with Crippen LogP contribution in [0.1, 0.15) is 26.7 Å². The predicted octanol–water partition coefficient (Wildman–Crippen LogP) is 1.39. The molecule has 8 heteroatoms. The highest BCUT2D eigenvalue weighted by atomic mass is 32.2. The minimum Gasteiger partial charge on any atom is -0.323 e. The Morgan fingerprint density at radius 1 is 1.20 bits per heavy atom. The third-order valence-corrected chi connectivity index (χ3v) is 6.85. The Hall–Kier alpha value is -1.51. The maximum atomic E-state index is 13.0. The Morgan fingerprint density at radius 2 is 1.80 bits per heavy atom. The summed E-state index contributed by atoms with van der Waals surface area (Å²) >= 11 is 0. The third kappa shape index (κ3) is 3.43. The van der Waals surface area contributed by atoms with Gasteiger partial charge in [0.25, 0.3) is 0 Å². The molecule has 0 saturated carbocycles. The molecule has 2 aliphatic rings. The van der Waals surface area contributed by atoms with Crippen molar-refractivity contribution in [3.8, 4) is 0 Å². The van der Waals surface area contributed by atoms with Gasteiger partial charge in [0.15, 0.2) is 0 Å². The van der Waals surface area contributed by atoms with Crippen LogP contribution in [0.15, 0.2) is 29.2 Å². The minimum atomic E-state index is -3.64. The van der Waals surface area contributed by atoms with Crippen LogP contribution in [0.25, 0.3) is 0 Å². The van der Waals surface area contributed by atoms with Crippen LogP contribution in [0.3, 0.4) is 0 Å². The molecular formula is C17H24FN3O3S. The molecule has 2 aliphatic heterocycles. The van der Waals surface area contributed by atoms with Gasteiger partial charge in [-0.2, -0.15) is 4.31 Å². The van der Waals surface area contributed by atoms with E-state index in [0.717, 1.165) is 12.1 Å². The minimum absolute atomic E-state index is 0.0727. The van der Waals surface area contributed by atoms with Crippen molar-refractivity contribution in [1.29, 1.82) is 0 Å². The van der Waals surface area contributed by atoms with Crippen molar-refractivity contribution in [2.24, 2.45) is 5.92 Å². The van der Waals surface area contributed by atoms with Crippen LogP contribution in [0.4, 0.5) is 4.39 Å². The van der Waals surface area contributed by atoms with E-state index in [4.69, 9.17) is 0 Å². The Labute approximate surface area is 148 Å². The fourth-order valence-corrected chi connectivity index (χ4v) is 5.05. The molecule has 0 unspecified atom stereocenters. The summed E-state index contributed by atoms with van der Waals surface area (Å²) in [7, 11) is -3.64. The van der Waals surface area contributed by atoms with Crippen LogP contribution < -0.4 is 5.32 Å². The zero-order valence-electron chi connectivity index (χ0n) is 14.5. The van der Waals surface area contributed by atoms with Gasteiger partial charge in [0, 0.05) is 19.6 Å². The van der Waals surface area contributed by atoms with Crippen molar-refractivity contribution in [2.75, 3.05) is 26.2 Å². The summed E-state index contributed by atoms with van der Waals surface area (Å²) in [6.45, 7) is 5.75. The van der Waals surface area contributed by atoms with E-state index in [-0.39, 0.29) is 10.8 Å². The Morgan fingerprint density at radius 3 is 2.36 bits per heavy atom. The number of halogens is 1. The molecule has 0 aliphatic carbocycles. The van der Waals surface area contributed by atoms with Gasteiger partial charge in [0.05, 0.1) is 17.1 Å². The molecule has 138 valence electrons. The van der Waals surface area contributed by atoms with Crippen LogP contribution in [0.2, 0.25) is 0 Å². The lowest BCUT2D eigenvalue weighted by Gasteiger charge is -2.44. The summed E-state index contributed by atoms with van der Waals surface area (Å²) < 4.78 is 39.9. The van der Waals surface area contributed by atoms with E-state index < -0.39 is 21.5 Å². The largest absolute Gasteiger partial charge is 0.323 e. The van der Waals surface area contributed by atoms with Crippen molar-refractivity contribution >= 4 is 15.9 Å². The molecule has 0 bridgehead atoms. The van der Waals surface area contributed by atoms with E-state index in [1.807, 2.05) is 4.90 Å². The number of sulfonamides is 1. The first-order valence-electron chi connectivity index (χ1n) is 8.56. The molecule has 1 amide bonds. The number of carbonyl (C=O) groups excluding carboxylic acids is 1. The number of rotatable bonds is 4. The van der Waals surface area contributed by atoms with Crippen LogP contribution in [-0.2, 0) is 14.8 Å². The second-order valence-electron chi connectivity index (χ2n) is 7.14. The summed E-state index contributed by atoms with van der Waals surface area (Å²) in [5.41, 5.74) is -0.448. The number of hydrogen-bond donors (Lipinski definition) is 1. The van der Waals surface area contributed by atoms with Gasteiger partial charge < -0.3 is 4.90 Å². The first kappa shape index (κ1) is 18.3. The summed E-state index contributed by atoms with van der Waals surface area (Å²) in [6.07, 6.45) is 1.10. The maximum Gasteiger partial charge on any atom is 0.243 e. The lowest BCUT2D eigenvalue weighted by atomic mass is 9.96. The number of nitrogens with zero attached hydrogens (tertiary/aromatic N) is 2. The molecular weight excluding hydrogens is 345 g/mol. The monoisotopic (exact) mass is 369 g/mol. The Bertz CT molecular complexity index is 741. The van der Waals surface area contributed by atoms with Crippen molar-refractivity contribution in [3.05, 3.63) is 30.1 Å². The molecule has 0 aromatic heterocycles. The highest BCUT2D eigenvalue weighted by Gasteiger charge is 2.48. The van der Waals surface area contributed by atoms with Gasteiger partial charge in [-0.3, -0.25) is 10.1 Å². The summed E-state index contributed by atoms with van der Waals surface area (Å²) in [5, 5.41) is 3.30. The number of benzene rings is 1. The molecule has 1 N–H and O–H groups in total. The molecule has 2 fully saturated rings. The molecule has 2 saturated heterocycles. The molecule has 1 spiro atoms. The topological polar surface area (TPSA) is 69.7 Å². The molecule has 3 rings (SSSR count). The zero-order valence-corrected chi connectivity index (χ0v) is 15.4. The van der Waals surface area contributed by atoms with Crippen molar-refractivity contribution in [2.45, 2.75) is 37.2 Å². The molecule has 0 atom stereocenters. The van der Waals surface area contributed by atoms with Crippen LogP contribution in [0, 0.1) is 11.7 Å². The summed E-state index contributed by atoms with van der Waals surface area (Å²) in [4.78, 5) is 14.2. The van der Waals surface area contributed by atoms with Gasteiger partial charge in [-0.15, -0.1) is 0 Å². The van der Waals surface area contributed by atoms with Crippen LogP contribution >= 0.6 is 0 Å². The maximum absolute atomic E-state index is 13.0. The van der Waals surface area contributed by atoms with Gasteiger partial charge in [-0.1, -0.05) is 13.8 Å². The molecule has 25 heavy (non-hydrogen) atoms. The molecule has 0 radical (unpaired) electrons. The van der Waals surface area contributed by atoms with E-state index in [9.17, 15) is 17.6 Å². The van der Waals surface area contributed by atoms with E-state index in [0.29, 0.717) is 44.9 Å². The average molecular weight is 369 g/mol. The SMILES string of the molecule is CC(C)CN1C(=O)CNC12CCN(S(=O)(=O)c1ccc(F)cc1)CC2. The molecule has 1 aromatic carbocycles. The van der Waals surface area contributed by atoms with Crippen molar-refractivity contribution in [3.63, 3.8) is 0 Å². The average Bonchev–Trinajstić information content (AvgIpc) is 2.85. The standard InChI is InChI=1S/C17H24FN3O3S/c1-13(2)12-21-16(22)11-19-17(21)7-9-20(10-8-17)25(23,24)15-5-3-14(18)4-6-15/h3-6,13,19H,7-12H2,1-2H3. The van der Waals surface area contributed by atoms with Crippen LogP contribution in [-0.4, -0.2) is 55.4 Å². The number of carbonyl (C=O) groups is 1. The highest BCUT2D eigenvalue weighted by molar-refractivity contribution is 7.89. The van der Waals surface area contributed by atoms with Crippen molar-refractivity contribution in [1.82, 2.24) is 14.5 Å². The van der Waals surface area contributed by atoms with Gasteiger partial charge >= 0.3 is 0 Å². The highest BCUT2D eigenvalue weighted by Crippen LogP contribution is 2.33. The lowest BCUT2D eigenvalue weighted by Crippen LogP contribution is -2.59. The van der Waals surface area contributed by atoms with E-state index in [1.165, 1.54) is 16.4 Å². The van der Waals surface area contributed by atoms with Gasteiger partial charge in [0.2, 0.25) is 15.9 Å². The Kier molecular flexibility index (Phi) is 4.87. The molecule has 6 nitrogen and oxygen atoms in total. The predicted molar refractivity (Wildman–Crippen MR) is 91.7 cm³/mol. The van der Waals surface area contributed by atoms with Gasteiger partial charge in [-0.05, 0) is 43.0 Å². The molecule has 1 aromatic rings. The Balaban J connectivity index is 1.75. The third-order valence-electron chi connectivity index (χ3n) is 4.94. The van der Waals surface area contributed by atoms with Gasteiger partial charge in [0.1, 0.15) is 5.82 Å². The quantitative estimate of drug-likeness (QED) is 0.871. The second-order valence-corrected chi connectivity index (χ2v) is 9.08. The molecule has 2 heterocycles. The van der Waals surface area contributed by atoms with Crippen molar-refractivity contribution < 1.29 is 17.6 Å². The normalized spacial score (nSPS) is 21.4. The zero-order chi connectivity index (χ0) is 18.2. The van der Waals surface area contributed by atoms with E-state index >= 15 is 0 Å².